The van der Waals surface area contributed by atoms with Crippen LogP contribution in [-0.4, -0.2) is 17.6 Å². The van der Waals surface area contributed by atoms with E-state index in [1.807, 2.05) is 0 Å². The number of hydrogen-bond donors (Lipinski definition) is 0. The van der Waals surface area contributed by atoms with Gasteiger partial charge in [-0.05, 0) is 35.6 Å². The molecule has 9 heteroatoms. The summed E-state index contributed by atoms with van der Waals surface area (Å²) in [6.45, 7) is 1.19. The van der Waals surface area contributed by atoms with Gasteiger partial charge in [-0.1, -0.05) is 0 Å². The second kappa shape index (κ2) is 5.97. The summed E-state index contributed by atoms with van der Waals surface area (Å²) in [6, 6.07) is 0.594. The third kappa shape index (κ3) is 3.74. The number of nitrogens with zero attached hydrogens (tertiary/aromatic N) is 1. The molecule has 0 fully saturated rings. The summed E-state index contributed by atoms with van der Waals surface area (Å²) in [5, 5.41) is 0. The zero-order valence-corrected chi connectivity index (χ0v) is 11.6. The molecule has 0 radical (unpaired) electrons. The van der Waals surface area contributed by atoms with E-state index >= 15 is 0 Å². The van der Waals surface area contributed by atoms with Crippen LogP contribution in [0.3, 0.4) is 0 Å². The highest BCUT2D eigenvalue weighted by atomic mass is 127. The molecule has 0 aliphatic carbocycles. The van der Waals surface area contributed by atoms with Gasteiger partial charge in [0.2, 0.25) is 0 Å². The number of carbonyl (C=O) groups is 1. The van der Waals surface area contributed by atoms with E-state index in [4.69, 9.17) is 0 Å². The molecule has 19 heavy (non-hydrogen) atoms. The van der Waals surface area contributed by atoms with Gasteiger partial charge < -0.3 is 4.74 Å². The maximum atomic E-state index is 12.8. The van der Waals surface area contributed by atoms with Gasteiger partial charge in [-0.2, -0.15) is 13.2 Å². The lowest BCUT2D eigenvalue weighted by atomic mass is 10.1. The number of aromatic nitrogens is 1. The molecule has 0 N–H and O–H groups in total. The van der Waals surface area contributed by atoms with Crippen LogP contribution in [0.25, 0.3) is 0 Å². The van der Waals surface area contributed by atoms with Gasteiger partial charge in [-0.15, -0.1) is 0 Å². The van der Waals surface area contributed by atoms with Crippen molar-refractivity contribution < 1.29 is 31.5 Å². The summed E-state index contributed by atoms with van der Waals surface area (Å²) < 4.78 is 67.3. The van der Waals surface area contributed by atoms with E-state index in [9.17, 15) is 26.7 Å². The van der Waals surface area contributed by atoms with E-state index < -0.39 is 39.1 Å². The van der Waals surface area contributed by atoms with Crippen molar-refractivity contribution in [2.75, 3.05) is 6.61 Å². The van der Waals surface area contributed by atoms with E-state index in [-0.39, 0.29) is 6.61 Å². The van der Waals surface area contributed by atoms with Crippen LogP contribution in [0.2, 0.25) is 0 Å². The number of carbonyl (C=O) groups excluding carboxylic acids is 1. The van der Waals surface area contributed by atoms with Crippen molar-refractivity contribution >= 4 is 28.6 Å². The number of hydrogen-bond acceptors (Lipinski definition) is 3. The Morgan fingerprint density at radius 2 is 2.05 bits per heavy atom. The second-order valence-electron chi connectivity index (χ2n) is 3.27. The number of rotatable bonds is 3. The maximum Gasteiger partial charge on any atom is 0.419 e. The molecule has 0 amide bonds. The zero-order chi connectivity index (χ0) is 14.8. The van der Waals surface area contributed by atoms with Gasteiger partial charge in [0, 0.05) is 3.57 Å². The molecular weight excluding hydrogens is 388 g/mol. The van der Waals surface area contributed by atoms with Gasteiger partial charge in [-0.3, -0.25) is 0 Å². The largest absolute Gasteiger partial charge is 0.461 e. The van der Waals surface area contributed by atoms with Crippen LogP contribution in [-0.2, 0) is 10.9 Å². The molecule has 0 aliphatic heterocycles. The van der Waals surface area contributed by atoms with Crippen molar-refractivity contribution in [3.05, 3.63) is 26.6 Å². The topological polar surface area (TPSA) is 39.2 Å². The molecule has 3 nitrogen and oxygen atoms in total. The Bertz CT molecular complexity index is 490. The fraction of sp³-hybridized carbons (Fsp3) is 0.400. The van der Waals surface area contributed by atoms with Gasteiger partial charge in [0.15, 0.2) is 5.69 Å². The van der Waals surface area contributed by atoms with Crippen LogP contribution in [0.1, 0.15) is 35.1 Å². The molecule has 1 rings (SSSR count). The average Bonchev–Trinajstić information content (AvgIpc) is 2.26. The smallest absolute Gasteiger partial charge is 0.419 e. The summed E-state index contributed by atoms with van der Waals surface area (Å²) in [5.41, 5.74) is -3.41. The van der Waals surface area contributed by atoms with Crippen molar-refractivity contribution in [2.24, 2.45) is 0 Å². The van der Waals surface area contributed by atoms with Crippen LogP contribution in [0.5, 0.6) is 0 Å². The van der Waals surface area contributed by atoms with Crippen LogP contribution in [0.4, 0.5) is 22.0 Å². The quantitative estimate of drug-likeness (QED) is 0.444. The number of alkyl halides is 5. The van der Waals surface area contributed by atoms with Crippen molar-refractivity contribution in [2.45, 2.75) is 19.5 Å². The van der Waals surface area contributed by atoms with Gasteiger partial charge >= 0.3 is 12.1 Å². The molecule has 0 aliphatic rings. The first-order valence-corrected chi connectivity index (χ1v) is 5.99. The summed E-state index contributed by atoms with van der Waals surface area (Å²) in [5.74, 6) is -1.38. The highest BCUT2D eigenvalue weighted by Gasteiger charge is 2.40. The highest BCUT2D eigenvalue weighted by molar-refractivity contribution is 14.1. The third-order valence-corrected chi connectivity index (χ3v) is 2.82. The van der Waals surface area contributed by atoms with Crippen molar-refractivity contribution in [1.29, 1.82) is 0 Å². The molecule has 0 saturated carbocycles. The standard InChI is InChI=1S/C10H7F5INO2/c1-2-19-9(18)7-6(10(13,14)15)4(16)3-5(17-7)8(11)12/h3,8H,2H2,1H3. The molecule has 0 bridgehead atoms. The minimum Gasteiger partial charge on any atom is -0.461 e. The lowest BCUT2D eigenvalue weighted by molar-refractivity contribution is -0.139. The molecule has 1 aromatic rings. The van der Waals surface area contributed by atoms with E-state index in [1.54, 1.807) is 0 Å². The Hall–Kier alpha value is -1.00. The zero-order valence-electron chi connectivity index (χ0n) is 9.39. The van der Waals surface area contributed by atoms with Crippen molar-refractivity contribution in [3.63, 3.8) is 0 Å². The van der Waals surface area contributed by atoms with E-state index in [2.05, 4.69) is 9.72 Å². The first kappa shape index (κ1) is 16.1. The number of pyridine rings is 1. The molecule has 0 saturated heterocycles. The van der Waals surface area contributed by atoms with Gasteiger partial charge in [0.25, 0.3) is 6.43 Å². The normalized spacial score (nSPS) is 11.8. The molecule has 1 heterocycles. The number of esters is 1. The lowest BCUT2D eigenvalue weighted by Crippen LogP contribution is -2.20. The van der Waals surface area contributed by atoms with Gasteiger partial charge in [0.05, 0.1) is 6.61 Å². The van der Waals surface area contributed by atoms with Crippen LogP contribution < -0.4 is 0 Å². The predicted molar refractivity (Wildman–Crippen MR) is 62.9 cm³/mol. The average molecular weight is 395 g/mol. The second-order valence-corrected chi connectivity index (χ2v) is 4.43. The highest BCUT2D eigenvalue weighted by Crippen LogP contribution is 2.36. The van der Waals surface area contributed by atoms with Crippen LogP contribution in [0.15, 0.2) is 6.07 Å². The first-order valence-electron chi connectivity index (χ1n) is 4.91. The molecule has 1 aromatic heterocycles. The molecule has 0 unspecified atom stereocenters. The van der Waals surface area contributed by atoms with E-state index in [1.165, 1.54) is 29.5 Å². The van der Waals surface area contributed by atoms with Crippen LogP contribution in [0, 0.1) is 3.57 Å². The SMILES string of the molecule is CCOC(=O)c1nc(C(F)F)cc(I)c1C(F)(F)F. The minimum atomic E-state index is -4.88. The summed E-state index contributed by atoms with van der Waals surface area (Å²) in [6.07, 6.45) is -7.96. The fourth-order valence-corrected chi connectivity index (χ4v) is 2.14. The van der Waals surface area contributed by atoms with Gasteiger partial charge in [0.1, 0.15) is 11.3 Å². The Labute approximate surface area is 118 Å². The minimum absolute atomic E-state index is 0.187. The summed E-state index contributed by atoms with van der Waals surface area (Å²) in [4.78, 5) is 14.5. The Kier molecular flexibility index (Phi) is 5.04. The van der Waals surface area contributed by atoms with E-state index in [0.717, 1.165) is 0 Å². The fourth-order valence-electron chi connectivity index (χ4n) is 1.26. The Morgan fingerprint density at radius 3 is 2.47 bits per heavy atom. The molecular formula is C10H7F5INO2. The molecule has 0 atom stereocenters. The van der Waals surface area contributed by atoms with Crippen molar-refractivity contribution in [1.82, 2.24) is 4.98 Å². The lowest BCUT2D eigenvalue weighted by Gasteiger charge is -2.14. The Morgan fingerprint density at radius 1 is 1.47 bits per heavy atom. The maximum absolute atomic E-state index is 12.8. The van der Waals surface area contributed by atoms with E-state index in [0.29, 0.717) is 6.07 Å². The third-order valence-electron chi connectivity index (χ3n) is 1.97. The summed E-state index contributed by atoms with van der Waals surface area (Å²) >= 11 is 1.23. The van der Waals surface area contributed by atoms with Gasteiger partial charge in [-0.25, -0.2) is 18.6 Å². The number of halogens is 6. The molecule has 106 valence electrons. The molecule has 0 spiro atoms. The Balaban J connectivity index is 3.49. The van der Waals surface area contributed by atoms with Crippen LogP contribution >= 0.6 is 22.6 Å². The number of ether oxygens (including phenoxy) is 1. The first-order chi connectivity index (χ1) is 8.68. The van der Waals surface area contributed by atoms with Crippen molar-refractivity contribution in [3.8, 4) is 0 Å². The summed E-state index contributed by atoms with van der Waals surface area (Å²) in [7, 11) is 0. The molecule has 0 aromatic carbocycles. The predicted octanol–water partition coefficient (Wildman–Crippen LogP) is 3.82. The monoisotopic (exact) mass is 395 g/mol.